The molecule has 0 unspecified atom stereocenters. The predicted octanol–water partition coefficient (Wildman–Crippen LogP) is 11.9. The SMILES string of the molecule is C/C=C\c1c(C)c2c(c3cccc(-c4cccc(-c5cccc6c7ccccc7c7ccccc7c56)c4)c13)C=CCC2. The molecule has 0 heteroatoms. The van der Waals surface area contributed by atoms with E-state index in [9.17, 15) is 0 Å². The molecule has 7 aromatic rings. The van der Waals surface area contributed by atoms with E-state index in [1.165, 1.54) is 87.6 Å². The molecule has 0 fully saturated rings. The van der Waals surface area contributed by atoms with Crippen molar-refractivity contribution in [2.75, 3.05) is 0 Å². The predicted molar refractivity (Wildman–Crippen MR) is 184 cm³/mol. The molecule has 0 aliphatic heterocycles. The minimum atomic E-state index is 1.11. The largest absolute Gasteiger partial charge is 0.0870 e. The fourth-order valence-corrected chi connectivity index (χ4v) is 7.39. The van der Waals surface area contributed by atoms with Gasteiger partial charge in [0, 0.05) is 0 Å². The lowest BCUT2D eigenvalue weighted by Gasteiger charge is -2.22. The van der Waals surface area contributed by atoms with Crippen molar-refractivity contribution in [3.63, 3.8) is 0 Å². The van der Waals surface area contributed by atoms with Gasteiger partial charge in [0.1, 0.15) is 0 Å². The van der Waals surface area contributed by atoms with Gasteiger partial charge in [0.2, 0.25) is 0 Å². The second kappa shape index (κ2) is 9.86. The van der Waals surface area contributed by atoms with E-state index in [1.807, 2.05) is 0 Å². The summed E-state index contributed by atoms with van der Waals surface area (Å²) in [6.07, 6.45) is 11.4. The Balaban J connectivity index is 1.42. The zero-order chi connectivity index (χ0) is 28.2. The summed E-state index contributed by atoms with van der Waals surface area (Å²) >= 11 is 0. The van der Waals surface area contributed by atoms with Crippen LogP contribution in [0.2, 0.25) is 0 Å². The Labute approximate surface area is 247 Å². The lowest BCUT2D eigenvalue weighted by molar-refractivity contribution is 0.974. The van der Waals surface area contributed by atoms with E-state index in [1.54, 1.807) is 0 Å². The number of benzene rings is 7. The van der Waals surface area contributed by atoms with Crippen molar-refractivity contribution in [1.29, 1.82) is 0 Å². The smallest absolute Gasteiger partial charge is 0.00204 e. The van der Waals surface area contributed by atoms with Crippen LogP contribution in [0.4, 0.5) is 0 Å². The molecule has 0 saturated carbocycles. The molecule has 0 atom stereocenters. The van der Waals surface area contributed by atoms with Crippen LogP contribution in [-0.4, -0.2) is 0 Å². The normalized spacial score (nSPS) is 13.1. The first-order chi connectivity index (χ1) is 20.7. The molecule has 0 amide bonds. The fourth-order valence-electron chi connectivity index (χ4n) is 7.39. The monoisotopic (exact) mass is 536 g/mol. The zero-order valence-electron chi connectivity index (χ0n) is 24.1. The molecular weight excluding hydrogens is 504 g/mol. The fraction of sp³-hybridized carbons (Fsp3) is 0.0952. The van der Waals surface area contributed by atoms with Crippen LogP contribution in [-0.2, 0) is 6.42 Å². The molecule has 0 bridgehead atoms. The summed E-state index contributed by atoms with van der Waals surface area (Å²) in [6.45, 7) is 4.44. The number of allylic oxidation sites excluding steroid dienone is 2. The van der Waals surface area contributed by atoms with Crippen LogP contribution in [0.15, 0.2) is 121 Å². The molecule has 0 N–H and O–H groups in total. The standard InChI is InChI=1S/C42H32/c1-3-13-31-27(2)30-16-4-5-17-34(30)39-24-11-22-32(41(31)39)28-14-10-15-29(26-28)33-23-12-25-40-37-19-7-6-18-35(37)36-20-8-9-21-38(36)42(33)40/h3,5-15,17-26H,4,16H2,1-2H3/b13-3-. The van der Waals surface area contributed by atoms with Gasteiger partial charge >= 0.3 is 0 Å². The van der Waals surface area contributed by atoms with Crippen molar-refractivity contribution in [3.8, 4) is 22.3 Å². The first-order valence-corrected chi connectivity index (χ1v) is 15.0. The van der Waals surface area contributed by atoms with Gasteiger partial charge in [-0.2, -0.15) is 0 Å². The molecule has 7 aromatic carbocycles. The maximum absolute atomic E-state index is 2.40. The second-order valence-electron chi connectivity index (χ2n) is 11.5. The first-order valence-electron chi connectivity index (χ1n) is 15.0. The van der Waals surface area contributed by atoms with E-state index < -0.39 is 0 Å². The van der Waals surface area contributed by atoms with Crippen molar-refractivity contribution in [3.05, 3.63) is 144 Å². The molecule has 200 valence electrons. The minimum Gasteiger partial charge on any atom is -0.0870 e. The van der Waals surface area contributed by atoms with Gasteiger partial charge in [0.15, 0.2) is 0 Å². The van der Waals surface area contributed by atoms with E-state index in [4.69, 9.17) is 0 Å². The minimum absolute atomic E-state index is 1.11. The van der Waals surface area contributed by atoms with Gasteiger partial charge in [-0.15, -0.1) is 0 Å². The highest BCUT2D eigenvalue weighted by molar-refractivity contribution is 6.28. The van der Waals surface area contributed by atoms with Crippen LogP contribution in [0, 0.1) is 6.92 Å². The molecule has 0 spiro atoms. The van der Waals surface area contributed by atoms with Crippen LogP contribution in [0.5, 0.6) is 0 Å². The number of hydrogen-bond donors (Lipinski definition) is 0. The average Bonchev–Trinajstić information content (AvgIpc) is 3.06. The molecule has 8 rings (SSSR count). The maximum atomic E-state index is 2.40. The third-order valence-electron chi connectivity index (χ3n) is 9.24. The summed E-state index contributed by atoms with van der Waals surface area (Å²) in [5.74, 6) is 0. The van der Waals surface area contributed by atoms with Gasteiger partial charge in [0.05, 0.1) is 0 Å². The maximum Gasteiger partial charge on any atom is -0.00204 e. The Morgan fingerprint density at radius 1 is 0.571 bits per heavy atom. The molecule has 1 aliphatic rings. The average molecular weight is 537 g/mol. The summed E-state index contributed by atoms with van der Waals surface area (Å²) < 4.78 is 0. The lowest BCUT2D eigenvalue weighted by atomic mass is 9.82. The lowest BCUT2D eigenvalue weighted by Crippen LogP contribution is -2.02. The Morgan fingerprint density at radius 2 is 1.12 bits per heavy atom. The Bertz CT molecular complexity index is 2210. The highest BCUT2D eigenvalue weighted by Gasteiger charge is 2.19. The second-order valence-corrected chi connectivity index (χ2v) is 11.5. The summed E-state index contributed by atoms with van der Waals surface area (Å²) in [6, 6.07) is 40.5. The molecular formula is C42H32. The van der Waals surface area contributed by atoms with Gasteiger partial charge in [-0.3, -0.25) is 0 Å². The van der Waals surface area contributed by atoms with Crippen molar-refractivity contribution in [2.24, 2.45) is 0 Å². The summed E-state index contributed by atoms with van der Waals surface area (Å²) in [5.41, 5.74) is 10.7. The van der Waals surface area contributed by atoms with Crippen LogP contribution in [0.1, 0.15) is 35.6 Å². The Hall–Kier alpha value is -4.94. The van der Waals surface area contributed by atoms with Gasteiger partial charge in [-0.05, 0) is 120 Å². The van der Waals surface area contributed by atoms with Crippen molar-refractivity contribution < 1.29 is 0 Å². The van der Waals surface area contributed by atoms with E-state index in [-0.39, 0.29) is 0 Å². The summed E-state index contributed by atoms with van der Waals surface area (Å²) in [4.78, 5) is 0. The molecule has 42 heavy (non-hydrogen) atoms. The van der Waals surface area contributed by atoms with Crippen molar-refractivity contribution >= 4 is 55.2 Å². The molecule has 1 aliphatic carbocycles. The van der Waals surface area contributed by atoms with Crippen LogP contribution < -0.4 is 0 Å². The van der Waals surface area contributed by atoms with E-state index in [0.717, 1.165) is 12.8 Å². The highest BCUT2D eigenvalue weighted by atomic mass is 14.2. The van der Waals surface area contributed by atoms with Crippen LogP contribution >= 0.6 is 0 Å². The van der Waals surface area contributed by atoms with E-state index >= 15 is 0 Å². The number of rotatable bonds is 3. The summed E-state index contributed by atoms with van der Waals surface area (Å²) in [5, 5.41) is 10.6. The third kappa shape index (κ3) is 3.68. The molecule has 0 saturated heterocycles. The third-order valence-corrected chi connectivity index (χ3v) is 9.24. The van der Waals surface area contributed by atoms with Crippen LogP contribution in [0.25, 0.3) is 77.5 Å². The van der Waals surface area contributed by atoms with Gasteiger partial charge < -0.3 is 0 Å². The van der Waals surface area contributed by atoms with Gasteiger partial charge in [-0.25, -0.2) is 0 Å². The Morgan fingerprint density at radius 3 is 1.79 bits per heavy atom. The number of fused-ring (bicyclic) bond motifs is 9. The topological polar surface area (TPSA) is 0 Å². The highest BCUT2D eigenvalue weighted by Crippen LogP contribution is 2.43. The van der Waals surface area contributed by atoms with Gasteiger partial charge in [0.25, 0.3) is 0 Å². The molecule has 0 nitrogen and oxygen atoms in total. The van der Waals surface area contributed by atoms with Gasteiger partial charge in [-0.1, -0.05) is 127 Å². The van der Waals surface area contributed by atoms with Crippen LogP contribution in [0.3, 0.4) is 0 Å². The number of hydrogen-bond acceptors (Lipinski definition) is 0. The summed E-state index contributed by atoms with van der Waals surface area (Å²) in [7, 11) is 0. The van der Waals surface area contributed by atoms with E-state index in [2.05, 4.69) is 147 Å². The first kappa shape index (κ1) is 24.8. The van der Waals surface area contributed by atoms with Crippen molar-refractivity contribution in [1.82, 2.24) is 0 Å². The molecule has 0 heterocycles. The molecule has 0 radical (unpaired) electrons. The molecule has 0 aromatic heterocycles. The van der Waals surface area contributed by atoms with Crippen molar-refractivity contribution in [2.45, 2.75) is 26.7 Å². The van der Waals surface area contributed by atoms with E-state index in [0.29, 0.717) is 0 Å². The Kier molecular flexibility index (Phi) is 5.83. The quantitative estimate of drug-likeness (QED) is 0.197. The zero-order valence-corrected chi connectivity index (χ0v) is 24.1.